The average Bonchev–Trinajstić information content (AvgIpc) is 3.44. The van der Waals surface area contributed by atoms with E-state index in [2.05, 4.69) is 89.3 Å². The lowest BCUT2D eigenvalue weighted by atomic mass is 9.79. The maximum atomic E-state index is 14.0. The molecule has 5 rings (SSSR count). The molecule has 0 unspecified atom stereocenters. The molecule has 1 N–H and O–H groups in total. The van der Waals surface area contributed by atoms with Crippen molar-refractivity contribution in [2.45, 2.75) is 70.0 Å². The second-order valence-electron chi connectivity index (χ2n) is 13.1. The maximum Gasteiger partial charge on any atom is 0.227 e. The lowest BCUT2D eigenvalue weighted by Gasteiger charge is -2.50. The zero-order valence-electron chi connectivity index (χ0n) is 25.6. The zero-order valence-corrected chi connectivity index (χ0v) is 26.4. The Morgan fingerprint density at radius 3 is 2.22 bits per heavy atom. The third-order valence-electron chi connectivity index (χ3n) is 9.98. The number of anilines is 1. The van der Waals surface area contributed by atoms with Crippen molar-refractivity contribution in [3.63, 3.8) is 0 Å². The molecular formula is C34H50ClN5O. The summed E-state index contributed by atoms with van der Waals surface area (Å²) in [4.78, 5) is 23.5. The standard InChI is InChI=1S/C34H50ClN5O/c1-26(2)39-23-31(28-10-12-29(35)13-11-28)32(24-39)33(41)38-18-20-40(21-19-38)34(16-6-5-7-17-34)25-36-22-27-8-14-30(15-9-27)37(3)4/h8-15,26,31-32,36H,5-7,16-25H2,1-4H3/t31-,32+/m1/s1. The van der Waals surface area contributed by atoms with Crippen LogP contribution >= 0.6 is 11.6 Å². The van der Waals surface area contributed by atoms with Crippen molar-refractivity contribution in [3.05, 3.63) is 64.7 Å². The van der Waals surface area contributed by atoms with Crippen LogP contribution in [0.1, 0.15) is 63.0 Å². The minimum absolute atomic E-state index is 0.00863. The van der Waals surface area contributed by atoms with E-state index in [1.807, 2.05) is 12.1 Å². The van der Waals surface area contributed by atoms with Gasteiger partial charge >= 0.3 is 0 Å². The van der Waals surface area contributed by atoms with Gasteiger partial charge in [0.2, 0.25) is 5.91 Å². The van der Waals surface area contributed by atoms with E-state index in [1.54, 1.807) is 0 Å². The lowest BCUT2D eigenvalue weighted by Crippen LogP contribution is -2.62. The molecule has 1 amide bonds. The molecule has 2 saturated heterocycles. The molecule has 2 aromatic rings. The zero-order chi connectivity index (χ0) is 29.0. The van der Waals surface area contributed by atoms with Gasteiger partial charge in [0, 0.05) is 94.7 Å². The Hall–Kier alpha value is -2.12. The maximum absolute atomic E-state index is 14.0. The Kier molecular flexibility index (Phi) is 9.96. The highest BCUT2D eigenvalue weighted by Crippen LogP contribution is 2.37. The van der Waals surface area contributed by atoms with Gasteiger partial charge in [-0.05, 0) is 62.1 Å². The van der Waals surface area contributed by atoms with Crippen molar-refractivity contribution in [2.24, 2.45) is 5.92 Å². The summed E-state index contributed by atoms with van der Waals surface area (Å²) in [5.41, 5.74) is 4.00. The first-order chi connectivity index (χ1) is 19.8. The summed E-state index contributed by atoms with van der Waals surface area (Å²) in [5, 5.41) is 4.58. The fourth-order valence-corrected chi connectivity index (χ4v) is 7.48. The van der Waals surface area contributed by atoms with Gasteiger partial charge in [-0.15, -0.1) is 0 Å². The highest BCUT2D eigenvalue weighted by molar-refractivity contribution is 6.30. The van der Waals surface area contributed by atoms with Crippen LogP contribution in [0.15, 0.2) is 48.5 Å². The molecule has 2 heterocycles. The molecule has 224 valence electrons. The summed E-state index contributed by atoms with van der Waals surface area (Å²) in [6.07, 6.45) is 6.44. The minimum atomic E-state index is 0.00863. The number of likely N-dealkylation sites (tertiary alicyclic amines) is 1. The van der Waals surface area contributed by atoms with E-state index in [-0.39, 0.29) is 17.4 Å². The van der Waals surface area contributed by atoms with Crippen molar-refractivity contribution in [2.75, 3.05) is 64.8 Å². The molecule has 3 aliphatic rings. The smallest absolute Gasteiger partial charge is 0.227 e. The van der Waals surface area contributed by atoms with Crippen LogP contribution in [0.5, 0.6) is 0 Å². The van der Waals surface area contributed by atoms with E-state index in [9.17, 15) is 4.79 Å². The highest BCUT2D eigenvalue weighted by Gasteiger charge is 2.44. The Morgan fingerprint density at radius 2 is 1.61 bits per heavy atom. The third kappa shape index (κ3) is 7.10. The van der Waals surface area contributed by atoms with Crippen LogP contribution in [0, 0.1) is 5.92 Å². The van der Waals surface area contributed by atoms with E-state index in [1.165, 1.54) is 48.9 Å². The van der Waals surface area contributed by atoms with Gasteiger partial charge in [-0.2, -0.15) is 0 Å². The first kappa shape index (κ1) is 30.3. The van der Waals surface area contributed by atoms with Crippen LogP contribution in [0.3, 0.4) is 0 Å². The summed E-state index contributed by atoms with van der Waals surface area (Å²) < 4.78 is 0. The van der Waals surface area contributed by atoms with Gasteiger partial charge in [-0.25, -0.2) is 0 Å². The number of piperazine rings is 1. The second-order valence-corrected chi connectivity index (χ2v) is 13.5. The molecule has 1 saturated carbocycles. The number of nitrogens with one attached hydrogen (secondary N) is 1. The Bertz CT molecular complexity index is 1120. The Morgan fingerprint density at radius 1 is 0.951 bits per heavy atom. The lowest BCUT2D eigenvalue weighted by molar-refractivity contribution is -0.138. The predicted octanol–water partition coefficient (Wildman–Crippen LogP) is 5.47. The third-order valence-corrected chi connectivity index (χ3v) is 10.2. The van der Waals surface area contributed by atoms with E-state index in [0.717, 1.165) is 57.4 Å². The first-order valence-corrected chi connectivity index (χ1v) is 16.1. The number of amides is 1. The largest absolute Gasteiger partial charge is 0.378 e. The molecule has 7 heteroatoms. The van der Waals surface area contributed by atoms with Gasteiger partial charge in [0.05, 0.1) is 5.92 Å². The summed E-state index contributed by atoms with van der Waals surface area (Å²) in [5.74, 6) is 0.569. The van der Waals surface area contributed by atoms with Gasteiger partial charge in [0.1, 0.15) is 0 Å². The van der Waals surface area contributed by atoms with Gasteiger partial charge in [0.15, 0.2) is 0 Å². The van der Waals surface area contributed by atoms with Crippen LogP contribution < -0.4 is 10.2 Å². The molecule has 0 radical (unpaired) electrons. The van der Waals surface area contributed by atoms with Crippen molar-refractivity contribution >= 4 is 23.2 Å². The Balaban J connectivity index is 1.20. The summed E-state index contributed by atoms with van der Waals surface area (Å²) >= 11 is 6.19. The number of halogens is 1. The van der Waals surface area contributed by atoms with Crippen LogP contribution in [-0.4, -0.2) is 92.1 Å². The molecular weight excluding hydrogens is 530 g/mol. The number of hydrogen-bond donors (Lipinski definition) is 1. The molecule has 41 heavy (non-hydrogen) atoms. The molecule has 3 fully saturated rings. The topological polar surface area (TPSA) is 42.1 Å². The Labute approximate surface area is 253 Å². The summed E-state index contributed by atoms with van der Waals surface area (Å²) in [6, 6.07) is 17.5. The number of hydrogen-bond acceptors (Lipinski definition) is 5. The van der Waals surface area contributed by atoms with Crippen LogP contribution in [0.2, 0.25) is 5.02 Å². The van der Waals surface area contributed by atoms with E-state index >= 15 is 0 Å². The summed E-state index contributed by atoms with van der Waals surface area (Å²) in [6.45, 7) is 11.8. The normalized spacial score (nSPS) is 23.7. The molecule has 0 aromatic heterocycles. The molecule has 1 aliphatic carbocycles. The van der Waals surface area contributed by atoms with E-state index in [0.29, 0.717) is 11.9 Å². The van der Waals surface area contributed by atoms with Crippen LogP contribution in [0.4, 0.5) is 5.69 Å². The number of rotatable bonds is 9. The first-order valence-electron chi connectivity index (χ1n) is 15.8. The second kappa shape index (κ2) is 13.5. The quantitative estimate of drug-likeness (QED) is 0.427. The molecule has 0 spiro atoms. The highest BCUT2D eigenvalue weighted by atomic mass is 35.5. The SMILES string of the molecule is CC(C)N1C[C@H](C(=O)N2CCN(C3(CNCc4ccc(N(C)C)cc4)CCCCC3)CC2)[C@@H](c2ccc(Cl)cc2)C1. The van der Waals surface area contributed by atoms with Crippen LogP contribution in [-0.2, 0) is 11.3 Å². The monoisotopic (exact) mass is 579 g/mol. The van der Waals surface area contributed by atoms with Crippen LogP contribution in [0.25, 0.3) is 0 Å². The molecule has 0 bridgehead atoms. The number of carbonyl (C=O) groups is 1. The van der Waals surface area contributed by atoms with E-state index in [4.69, 9.17) is 11.6 Å². The number of nitrogens with zero attached hydrogens (tertiary/aromatic N) is 4. The minimum Gasteiger partial charge on any atom is -0.378 e. The van der Waals surface area contributed by atoms with Crippen molar-refractivity contribution in [3.8, 4) is 0 Å². The fourth-order valence-electron chi connectivity index (χ4n) is 7.36. The molecule has 2 atom stereocenters. The molecule has 6 nitrogen and oxygen atoms in total. The van der Waals surface area contributed by atoms with Gasteiger partial charge < -0.3 is 15.1 Å². The summed E-state index contributed by atoms with van der Waals surface area (Å²) in [7, 11) is 4.17. The number of carbonyl (C=O) groups excluding carboxylic acids is 1. The fraction of sp³-hybridized carbons (Fsp3) is 0.618. The van der Waals surface area contributed by atoms with E-state index < -0.39 is 0 Å². The molecule has 2 aromatic carbocycles. The van der Waals surface area contributed by atoms with Crippen molar-refractivity contribution in [1.29, 1.82) is 0 Å². The molecule has 2 aliphatic heterocycles. The van der Waals surface area contributed by atoms with Crippen molar-refractivity contribution < 1.29 is 4.79 Å². The number of benzene rings is 2. The van der Waals surface area contributed by atoms with Gasteiger partial charge in [0.25, 0.3) is 0 Å². The van der Waals surface area contributed by atoms with Gasteiger partial charge in [-0.1, -0.05) is 55.1 Å². The predicted molar refractivity (Wildman–Crippen MR) is 171 cm³/mol. The van der Waals surface area contributed by atoms with Gasteiger partial charge in [-0.3, -0.25) is 14.6 Å². The average molecular weight is 580 g/mol. The van der Waals surface area contributed by atoms with Crippen molar-refractivity contribution in [1.82, 2.24) is 20.0 Å².